The molecule has 1 aromatic heterocycles. The Hall–Kier alpha value is -2.65. The van der Waals surface area contributed by atoms with Crippen LogP contribution in [-0.4, -0.2) is 34.6 Å². The van der Waals surface area contributed by atoms with Crippen LogP contribution in [0.2, 0.25) is 5.02 Å². The average Bonchev–Trinajstić information content (AvgIpc) is 3.18. The van der Waals surface area contributed by atoms with Crippen LogP contribution in [0.5, 0.6) is 0 Å². The molecule has 0 amide bonds. The van der Waals surface area contributed by atoms with E-state index in [1.165, 1.54) is 24.3 Å². The van der Waals surface area contributed by atoms with E-state index < -0.39 is 25.8 Å². The van der Waals surface area contributed by atoms with Crippen LogP contribution in [0.1, 0.15) is 17.0 Å². The summed E-state index contributed by atoms with van der Waals surface area (Å²) in [5.41, 5.74) is 2.57. The molecule has 4 aromatic rings. The molecule has 166 valence electrons. The van der Waals surface area contributed by atoms with E-state index in [0.717, 1.165) is 28.3 Å². The Morgan fingerprint density at radius 3 is 2.19 bits per heavy atom. The molecule has 0 radical (unpaired) electrons. The van der Waals surface area contributed by atoms with Crippen molar-refractivity contribution >= 4 is 42.4 Å². The lowest BCUT2D eigenvalue weighted by molar-refractivity contribution is 0.571. The van der Waals surface area contributed by atoms with Crippen LogP contribution in [0.15, 0.2) is 88.8 Å². The first-order valence-electron chi connectivity index (χ1n) is 9.77. The van der Waals surface area contributed by atoms with E-state index in [0.29, 0.717) is 5.02 Å². The lowest BCUT2D eigenvalue weighted by Gasteiger charge is -2.20. The summed E-state index contributed by atoms with van der Waals surface area (Å²) in [6.45, 7) is -0.00793. The molecule has 0 spiro atoms. The summed E-state index contributed by atoms with van der Waals surface area (Å²) >= 11 is 6.47. The fraction of sp³-hybridized carbons (Fsp3) is 0.130. The SMILES string of the molecule is CS(=O)(=O)c1ccccc1S(=O)(=O)NCC(c1ccccc1Cl)c1c[nH]c2ccccc12. The van der Waals surface area contributed by atoms with Gasteiger partial charge in [0.15, 0.2) is 9.84 Å². The van der Waals surface area contributed by atoms with Gasteiger partial charge in [-0.25, -0.2) is 21.6 Å². The minimum atomic E-state index is -4.12. The molecule has 6 nitrogen and oxygen atoms in total. The van der Waals surface area contributed by atoms with Crippen molar-refractivity contribution in [2.75, 3.05) is 12.8 Å². The maximum Gasteiger partial charge on any atom is 0.241 e. The quantitative estimate of drug-likeness (QED) is 0.404. The standard InChI is InChI=1S/C23H21ClN2O4S2/c1-31(27,28)22-12-6-7-13-23(22)32(29,30)26-15-19(16-8-2-4-10-20(16)24)18-14-25-21-11-5-3-9-17(18)21/h2-14,19,25-26H,15H2,1H3. The molecule has 0 aliphatic rings. The summed E-state index contributed by atoms with van der Waals surface area (Å²) < 4.78 is 53.1. The second-order valence-electron chi connectivity index (χ2n) is 7.43. The fourth-order valence-corrected chi connectivity index (χ4v) is 6.72. The van der Waals surface area contributed by atoms with Gasteiger partial charge >= 0.3 is 0 Å². The first-order valence-corrected chi connectivity index (χ1v) is 13.5. The van der Waals surface area contributed by atoms with Crippen LogP contribution < -0.4 is 4.72 Å². The van der Waals surface area contributed by atoms with Gasteiger partial charge in [-0.1, -0.05) is 60.1 Å². The van der Waals surface area contributed by atoms with Crippen molar-refractivity contribution in [1.82, 2.24) is 9.71 Å². The summed E-state index contributed by atoms with van der Waals surface area (Å²) in [5.74, 6) is -0.403. The number of sulfonamides is 1. The van der Waals surface area contributed by atoms with Crippen molar-refractivity contribution in [3.63, 3.8) is 0 Å². The van der Waals surface area contributed by atoms with E-state index in [-0.39, 0.29) is 16.3 Å². The molecule has 0 aliphatic heterocycles. The number of aromatic nitrogens is 1. The van der Waals surface area contributed by atoms with Crippen LogP contribution in [0.3, 0.4) is 0 Å². The van der Waals surface area contributed by atoms with E-state index in [1.54, 1.807) is 6.07 Å². The van der Waals surface area contributed by atoms with Gasteiger partial charge in [0.05, 0.1) is 4.90 Å². The van der Waals surface area contributed by atoms with Crippen LogP contribution in [0.4, 0.5) is 0 Å². The number of para-hydroxylation sites is 1. The molecular formula is C23H21ClN2O4S2. The minimum Gasteiger partial charge on any atom is -0.361 e. The third-order valence-electron chi connectivity index (χ3n) is 5.29. The van der Waals surface area contributed by atoms with Crippen LogP contribution >= 0.6 is 11.6 Å². The van der Waals surface area contributed by atoms with Gasteiger partial charge in [-0.05, 0) is 35.4 Å². The molecule has 1 unspecified atom stereocenters. The smallest absolute Gasteiger partial charge is 0.241 e. The van der Waals surface area contributed by atoms with Crippen molar-refractivity contribution in [3.05, 3.63) is 95.1 Å². The van der Waals surface area contributed by atoms with Crippen LogP contribution in [0.25, 0.3) is 10.9 Å². The molecular weight excluding hydrogens is 468 g/mol. The molecule has 0 fully saturated rings. The lowest BCUT2D eigenvalue weighted by Crippen LogP contribution is -2.30. The van der Waals surface area contributed by atoms with Crippen LogP contribution in [0, 0.1) is 0 Å². The van der Waals surface area contributed by atoms with E-state index in [4.69, 9.17) is 11.6 Å². The van der Waals surface area contributed by atoms with E-state index >= 15 is 0 Å². The summed E-state index contributed by atoms with van der Waals surface area (Å²) in [5, 5.41) is 1.46. The lowest BCUT2D eigenvalue weighted by atomic mass is 9.91. The molecule has 1 atom stereocenters. The van der Waals surface area contributed by atoms with Gasteiger partial charge in [0.25, 0.3) is 0 Å². The summed E-state index contributed by atoms with van der Waals surface area (Å²) in [6, 6.07) is 20.6. The molecule has 0 saturated heterocycles. The second-order valence-corrected chi connectivity index (χ2v) is 11.6. The molecule has 3 aromatic carbocycles. The third-order valence-corrected chi connectivity index (χ3v) is 8.40. The average molecular weight is 489 g/mol. The number of aromatic amines is 1. The number of fused-ring (bicyclic) bond motifs is 1. The van der Waals surface area contributed by atoms with E-state index in [1.807, 2.05) is 48.7 Å². The minimum absolute atomic E-state index is 0.00793. The topological polar surface area (TPSA) is 96.1 Å². The Balaban J connectivity index is 1.76. The van der Waals surface area contributed by atoms with Gasteiger partial charge in [-0.3, -0.25) is 0 Å². The molecule has 2 N–H and O–H groups in total. The molecule has 32 heavy (non-hydrogen) atoms. The predicted octanol–water partition coefficient (Wildman–Crippen LogP) is 4.34. The van der Waals surface area contributed by atoms with E-state index in [2.05, 4.69) is 9.71 Å². The highest BCUT2D eigenvalue weighted by Crippen LogP contribution is 2.34. The van der Waals surface area contributed by atoms with Crippen molar-refractivity contribution in [1.29, 1.82) is 0 Å². The predicted molar refractivity (Wildman–Crippen MR) is 126 cm³/mol. The Morgan fingerprint density at radius 1 is 0.844 bits per heavy atom. The van der Waals surface area contributed by atoms with Crippen molar-refractivity contribution in [3.8, 4) is 0 Å². The normalized spacial score (nSPS) is 13.3. The monoisotopic (exact) mass is 488 g/mol. The summed E-state index contributed by atoms with van der Waals surface area (Å²) in [6.07, 6.45) is 2.83. The molecule has 0 saturated carbocycles. The maximum absolute atomic E-state index is 13.1. The number of sulfone groups is 1. The fourth-order valence-electron chi connectivity index (χ4n) is 3.78. The molecule has 0 bridgehead atoms. The Bertz CT molecular complexity index is 1500. The molecule has 4 rings (SSSR count). The summed E-state index contributed by atoms with van der Waals surface area (Å²) in [4.78, 5) is 2.70. The largest absolute Gasteiger partial charge is 0.361 e. The zero-order valence-corrected chi connectivity index (χ0v) is 19.5. The van der Waals surface area contributed by atoms with Gasteiger partial charge in [-0.2, -0.15) is 0 Å². The summed E-state index contributed by atoms with van der Waals surface area (Å²) in [7, 11) is -7.85. The van der Waals surface area contributed by atoms with Crippen molar-refractivity contribution in [2.45, 2.75) is 15.7 Å². The van der Waals surface area contributed by atoms with Gasteiger partial charge in [-0.15, -0.1) is 0 Å². The number of H-pyrrole nitrogens is 1. The Kier molecular flexibility index (Phi) is 6.13. The van der Waals surface area contributed by atoms with E-state index in [9.17, 15) is 16.8 Å². The molecule has 1 heterocycles. The number of nitrogens with one attached hydrogen (secondary N) is 2. The second kappa shape index (κ2) is 8.71. The van der Waals surface area contributed by atoms with Gasteiger partial charge < -0.3 is 4.98 Å². The number of rotatable bonds is 7. The van der Waals surface area contributed by atoms with Crippen molar-refractivity contribution in [2.24, 2.45) is 0 Å². The van der Waals surface area contributed by atoms with Gasteiger partial charge in [0.2, 0.25) is 10.0 Å². The number of hydrogen-bond donors (Lipinski definition) is 2. The van der Waals surface area contributed by atoms with Crippen LogP contribution in [-0.2, 0) is 19.9 Å². The number of halogens is 1. The number of benzene rings is 3. The van der Waals surface area contributed by atoms with Crippen molar-refractivity contribution < 1.29 is 16.8 Å². The zero-order valence-electron chi connectivity index (χ0n) is 17.1. The Morgan fingerprint density at radius 2 is 1.47 bits per heavy atom. The first kappa shape index (κ1) is 22.5. The van der Waals surface area contributed by atoms with Gasteiger partial charge in [0.1, 0.15) is 4.90 Å². The highest BCUT2D eigenvalue weighted by atomic mass is 35.5. The first-order chi connectivity index (χ1) is 15.2. The highest BCUT2D eigenvalue weighted by Gasteiger charge is 2.27. The zero-order chi connectivity index (χ0) is 22.9. The number of hydrogen-bond acceptors (Lipinski definition) is 4. The maximum atomic E-state index is 13.1. The molecule has 0 aliphatic carbocycles. The third kappa shape index (κ3) is 4.45. The van der Waals surface area contributed by atoms with Gasteiger partial charge in [0, 0.05) is 40.8 Å². The Labute approximate surface area is 192 Å². The highest BCUT2D eigenvalue weighted by molar-refractivity contribution is 7.93. The molecule has 9 heteroatoms.